The first kappa shape index (κ1) is 18.1. The van der Waals surface area contributed by atoms with Crippen LogP contribution >= 0.6 is 0 Å². The Balaban J connectivity index is 1.86. The molecule has 0 saturated carbocycles. The molecule has 0 unspecified atom stereocenters. The summed E-state index contributed by atoms with van der Waals surface area (Å²) in [7, 11) is -5.66. The van der Waals surface area contributed by atoms with Gasteiger partial charge in [0.15, 0.2) is 0 Å². The Hall–Kier alpha value is -1.74. The van der Waals surface area contributed by atoms with Crippen LogP contribution in [-0.4, -0.2) is 34.7 Å². The number of hydrogen-bond donors (Lipinski definition) is 1. The summed E-state index contributed by atoms with van der Waals surface area (Å²) in [5.41, 5.74) is 2.46. The van der Waals surface area contributed by atoms with Crippen LogP contribution < -0.4 is 4.72 Å². The molecule has 3 rings (SSSR count). The van der Waals surface area contributed by atoms with Crippen LogP contribution in [0.25, 0.3) is 0 Å². The highest BCUT2D eigenvalue weighted by Crippen LogP contribution is 2.25. The van der Waals surface area contributed by atoms with Crippen molar-refractivity contribution in [3.63, 3.8) is 0 Å². The number of fused-ring (bicyclic) bond motifs is 1. The summed E-state index contributed by atoms with van der Waals surface area (Å²) >= 11 is 0. The number of sulfonamides is 2. The molecule has 0 radical (unpaired) electrons. The van der Waals surface area contributed by atoms with Gasteiger partial charge in [0.05, 0.1) is 10.6 Å². The molecule has 25 heavy (non-hydrogen) atoms. The molecule has 0 aromatic heterocycles. The maximum Gasteiger partial charge on any atom is 0.240 e. The van der Waals surface area contributed by atoms with Gasteiger partial charge in [-0.2, -0.15) is 4.31 Å². The highest BCUT2D eigenvalue weighted by molar-refractivity contribution is 7.89. The topological polar surface area (TPSA) is 83.6 Å². The van der Waals surface area contributed by atoms with Crippen LogP contribution in [0.1, 0.15) is 16.7 Å². The number of rotatable bonds is 5. The highest BCUT2D eigenvalue weighted by Gasteiger charge is 2.27. The van der Waals surface area contributed by atoms with Crippen molar-refractivity contribution in [1.29, 1.82) is 0 Å². The summed E-state index contributed by atoms with van der Waals surface area (Å²) in [5, 5.41) is 0. The quantitative estimate of drug-likeness (QED) is 0.852. The molecule has 0 aliphatic carbocycles. The molecule has 0 atom stereocenters. The van der Waals surface area contributed by atoms with Gasteiger partial charge in [-0.1, -0.05) is 36.4 Å². The van der Waals surface area contributed by atoms with Crippen LogP contribution in [0, 0.1) is 0 Å². The van der Waals surface area contributed by atoms with Crippen LogP contribution in [0.2, 0.25) is 0 Å². The van der Waals surface area contributed by atoms with Crippen molar-refractivity contribution >= 4 is 20.0 Å². The predicted molar refractivity (Wildman–Crippen MR) is 95.9 cm³/mol. The summed E-state index contributed by atoms with van der Waals surface area (Å²) < 4.78 is 53.0. The third kappa shape index (κ3) is 3.92. The van der Waals surface area contributed by atoms with E-state index in [4.69, 9.17) is 0 Å². The molecule has 2 aromatic rings. The fourth-order valence-corrected chi connectivity index (χ4v) is 5.19. The fourth-order valence-electron chi connectivity index (χ4n) is 2.91. The van der Waals surface area contributed by atoms with Crippen molar-refractivity contribution in [3.8, 4) is 0 Å². The van der Waals surface area contributed by atoms with Crippen molar-refractivity contribution < 1.29 is 16.8 Å². The average Bonchev–Trinajstić information content (AvgIpc) is 2.61. The lowest BCUT2D eigenvalue weighted by Crippen LogP contribution is -2.36. The standard InChI is InChI=1S/C17H20N2O4S2/c1-18-25(22,23)17-8-7-15-9-10-19(12-16(15)11-17)24(20,21)13-14-5-3-2-4-6-14/h2-8,11,18H,9-10,12-13H2,1H3. The molecule has 6 nitrogen and oxygen atoms in total. The molecule has 2 aromatic carbocycles. The summed E-state index contributed by atoms with van der Waals surface area (Å²) in [4.78, 5) is 0.149. The van der Waals surface area contributed by atoms with E-state index < -0.39 is 20.0 Å². The molecule has 8 heteroatoms. The van der Waals surface area contributed by atoms with Crippen molar-refractivity contribution in [3.05, 3.63) is 65.2 Å². The van der Waals surface area contributed by atoms with E-state index in [1.165, 1.54) is 11.4 Å². The smallest absolute Gasteiger partial charge is 0.214 e. The fraction of sp³-hybridized carbons (Fsp3) is 0.294. The molecule has 1 aliphatic heterocycles. The number of nitrogens with zero attached hydrogens (tertiary/aromatic N) is 1. The predicted octanol–water partition coefficient (Wildman–Crippen LogP) is 1.48. The van der Waals surface area contributed by atoms with E-state index in [1.54, 1.807) is 30.3 Å². The van der Waals surface area contributed by atoms with E-state index in [0.29, 0.717) is 13.0 Å². The van der Waals surface area contributed by atoms with Crippen molar-refractivity contribution in [2.75, 3.05) is 13.6 Å². The van der Waals surface area contributed by atoms with E-state index in [-0.39, 0.29) is 17.2 Å². The zero-order valence-corrected chi connectivity index (χ0v) is 15.5. The second-order valence-electron chi connectivity index (χ2n) is 5.96. The van der Waals surface area contributed by atoms with E-state index in [1.807, 2.05) is 18.2 Å². The van der Waals surface area contributed by atoms with Gasteiger partial charge in [0.25, 0.3) is 0 Å². The van der Waals surface area contributed by atoms with Crippen LogP contribution in [0.15, 0.2) is 53.4 Å². The lowest BCUT2D eigenvalue weighted by Gasteiger charge is -2.28. The molecule has 1 aliphatic rings. The molecule has 134 valence electrons. The maximum absolute atomic E-state index is 12.7. The summed E-state index contributed by atoms with van der Waals surface area (Å²) in [6.45, 7) is 0.595. The van der Waals surface area contributed by atoms with Crippen LogP contribution in [0.4, 0.5) is 0 Å². The average molecular weight is 380 g/mol. The Labute approximate surface area is 148 Å². The zero-order valence-electron chi connectivity index (χ0n) is 13.8. The highest BCUT2D eigenvalue weighted by atomic mass is 32.2. The molecule has 0 spiro atoms. The number of hydrogen-bond acceptors (Lipinski definition) is 4. The lowest BCUT2D eigenvalue weighted by atomic mass is 10.0. The molecule has 1 heterocycles. The monoisotopic (exact) mass is 380 g/mol. The van der Waals surface area contributed by atoms with Crippen molar-refractivity contribution in [2.45, 2.75) is 23.6 Å². The van der Waals surface area contributed by atoms with Crippen LogP contribution in [0.3, 0.4) is 0 Å². The van der Waals surface area contributed by atoms with Crippen molar-refractivity contribution in [2.24, 2.45) is 0 Å². The van der Waals surface area contributed by atoms with Gasteiger partial charge in [0.1, 0.15) is 0 Å². The van der Waals surface area contributed by atoms with Gasteiger partial charge in [-0.15, -0.1) is 0 Å². The van der Waals surface area contributed by atoms with Gasteiger partial charge in [-0.25, -0.2) is 21.6 Å². The van der Waals surface area contributed by atoms with E-state index in [0.717, 1.165) is 16.7 Å². The van der Waals surface area contributed by atoms with Gasteiger partial charge < -0.3 is 0 Å². The second kappa shape index (κ2) is 6.87. The Morgan fingerprint density at radius 1 is 1.00 bits per heavy atom. The largest absolute Gasteiger partial charge is 0.240 e. The first-order chi connectivity index (χ1) is 11.8. The van der Waals surface area contributed by atoms with E-state index >= 15 is 0 Å². The van der Waals surface area contributed by atoms with Gasteiger partial charge in [0.2, 0.25) is 20.0 Å². The van der Waals surface area contributed by atoms with Gasteiger partial charge >= 0.3 is 0 Å². The SMILES string of the molecule is CNS(=O)(=O)c1ccc2c(c1)CN(S(=O)(=O)Cc1ccccc1)CC2. The Morgan fingerprint density at radius 3 is 2.40 bits per heavy atom. The summed E-state index contributed by atoms with van der Waals surface area (Å²) in [6, 6.07) is 13.9. The number of nitrogens with one attached hydrogen (secondary N) is 1. The molecule has 0 bridgehead atoms. The Morgan fingerprint density at radius 2 is 1.72 bits per heavy atom. The summed E-state index contributed by atoms with van der Waals surface area (Å²) in [5.74, 6) is -0.0579. The first-order valence-corrected chi connectivity index (χ1v) is 11.0. The Bertz CT molecular complexity index is 971. The van der Waals surface area contributed by atoms with Crippen molar-refractivity contribution in [1.82, 2.24) is 9.03 Å². The first-order valence-electron chi connectivity index (χ1n) is 7.89. The number of benzene rings is 2. The maximum atomic E-state index is 12.7. The van der Waals surface area contributed by atoms with E-state index in [9.17, 15) is 16.8 Å². The van der Waals surface area contributed by atoms with E-state index in [2.05, 4.69) is 4.72 Å². The minimum absolute atomic E-state index is 0.0579. The molecule has 0 amide bonds. The Kier molecular flexibility index (Phi) is 4.97. The van der Waals surface area contributed by atoms with Gasteiger partial charge in [-0.05, 0) is 42.3 Å². The molecule has 1 N–H and O–H groups in total. The van der Waals surface area contributed by atoms with Crippen LogP contribution in [0.5, 0.6) is 0 Å². The molecule has 0 saturated heterocycles. The molecule has 0 fully saturated rings. The zero-order chi connectivity index (χ0) is 18.1. The third-order valence-corrected chi connectivity index (χ3v) is 7.53. The van der Waals surface area contributed by atoms with Gasteiger partial charge in [0, 0.05) is 13.1 Å². The third-order valence-electron chi connectivity index (χ3n) is 4.32. The second-order valence-corrected chi connectivity index (χ2v) is 9.82. The summed E-state index contributed by atoms with van der Waals surface area (Å²) in [6.07, 6.45) is 0.573. The lowest BCUT2D eigenvalue weighted by molar-refractivity contribution is 0.390. The normalized spacial score (nSPS) is 15.7. The van der Waals surface area contributed by atoms with Crippen LogP contribution in [-0.2, 0) is 38.8 Å². The molecular weight excluding hydrogens is 360 g/mol. The molecular formula is C17H20N2O4S2. The minimum atomic E-state index is -3.55. The minimum Gasteiger partial charge on any atom is -0.214 e. The van der Waals surface area contributed by atoms with Gasteiger partial charge in [-0.3, -0.25) is 0 Å².